The molecule has 4 heteroatoms. The zero-order chi connectivity index (χ0) is 13.2. The summed E-state index contributed by atoms with van der Waals surface area (Å²) in [5.74, 6) is 0.0224. The number of nitrogens with zero attached hydrogens (tertiary/aromatic N) is 1. The van der Waals surface area contributed by atoms with Crippen LogP contribution in [0.25, 0.3) is 0 Å². The molecule has 1 aromatic carbocycles. The Hall–Kier alpha value is -1.39. The molecule has 0 unspecified atom stereocenters. The minimum Gasteiger partial charge on any atom is -0.372 e. The largest absolute Gasteiger partial charge is 0.372 e. The molecule has 0 fully saturated rings. The van der Waals surface area contributed by atoms with Gasteiger partial charge in [0, 0.05) is 19.7 Å². The van der Waals surface area contributed by atoms with Crippen molar-refractivity contribution in [2.75, 3.05) is 26.3 Å². The molecule has 0 aliphatic heterocycles. The SMILES string of the molecule is CCOCC(=O)N(CCCN)Cc1ccccc1. The third-order valence-corrected chi connectivity index (χ3v) is 2.63. The van der Waals surface area contributed by atoms with Crippen molar-refractivity contribution in [1.29, 1.82) is 0 Å². The molecule has 0 aliphatic carbocycles. The molecule has 0 atom stereocenters. The first-order valence-corrected chi connectivity index (χ1v) is 6.37. The summed E-state index contributed by atoms with van der Waals surface area (Å²) in [5, 5.41) is 0. The van der Waals surface area contributed by atoms with Gasteiger partial charge < -0.3 is 15.4 Å². The normalized spacial score (nSPS) is 10.3. The van der Waals surface area contributed by atoms with Crippen molar-refractivity contribution in [2.24, 2.45) is 5.73 Å². The highest BCUT2D eigenvalue weighted by molar-refractivity contribution is 5.77. The van der Waals surface area contributed by atoms with E-state index >= 15 is 0 Å². The van der Waals surface area contributed by atoms with Crippen LogP contribution in [0.2, 0.25) is 0 Å². The summed E-state index contributed by atoms with van der Waals surface area (Å²) in [6.07, 6.45) is 0.810. The lowest BCUT2D eigenvalue weighted by molar-refractivity contribution is -0.136. The van der Waals surface area contributed by atoms with Crippen LogP contribution in [-0.2, 0) is 16.1 Å². The van der Waals surface area contributed by atoms with Gasteiger partial charge in [0.05, 0.1) is 0 Å². The van der Waals surface area contributed by atoms with Crippen LogP contribution in [0.3, 0.4) is 0 Å². The van der Waals surface area contributed by atoms with E-state index < -0.39 is 0 Å². The third-order valence-electron chi connectivity index (χ3n) is 2.63. The number of amides is 1. The Kier molecular flexibility index (Phi) is 7.06. The van der Waals surface area contributed by atoms with E-state index in [2.05, 4.69) is 0 Å². The maximum absolute atomic E-state index is 12.0. The zero-order valence-electron chi connectivity index (χ0n) is 11.0. The molecule has 1 amide bonds. The third kappa shape index (κ3) is 5.29. The second-order valence-corrected chi connectivity index (χ2v) is 4.08. The highest BCUT2D eigenvalue weighted by Crippen LogP contribution is 2.05. The van der Waals surface area contributed by atoms with Crippen molar-refractivity contribution in [3.63, 3.8) is 0 Å². The van der Waals surface area contributed by atoms with Crippen LogP contribution in [-0.4, -0.2) is 37.1 Å². The number of rotatable bonds is 8. The molecule has 0 radical (unpaired) electrons. The van der Waals surface area contributed by atoms with E-state index in [-0.39, 0.29) is 12.5 Å². The number of benzene rings is 1. The van der Waals surface area contributed by atoms with Crippen molar-refractivity contribution in [2.45, 2.75) is 19.9 Å². The fraction of sp³-hybridized carbons (Fsp3) is 0.500. The van der Waals surface area contributed by atoms with Crippen LogP contribution >= 0.6 is 0 Å². The molecule has 1 aromatic rings. The van der Waals surface area contributed by atoms with E-state index in [9.17, 15) is 4.79 Å². The second kappa shape index (κ2) is 8.66. The summed E-state index contributed by atoms with van der Waals surface area (Å²) in [7, 11) is 0. The number of hydrogen-bond donors (Lipinski definition) is 1. The molecule has 0 saturated carbocycles. The predicted octanol–water partition coefficient (Wildman–Crippen LogP) is 1.40. The van der Waals surface area contributed by atoms with Gasteiger partial charge in [-0.05, 0) is 25.5 Å². The maximum Gasteiger partial charge on any atom is 0.248 e. The quantitative estimate of drug-likeness (QED) is 0.758. The monoisotopic (exact) mass is 250 g/mol. The maximum atomic E-state index is 12.0. The Bertz CT molecular complexity index is 341. The molecule has 2 N–H and O–H groups in total. The molecule has 0 spiro atoms. The van der Waals surface area contributed by atoms with Crippen molar-refractivity contribution < 1.29 is 9.53 Å². The Morgan fingerprint density at radius 3 is 2.67 bits per heavy atom. The van der Waals surface area contributed by atoms with Crippen molar-refractivity contribution in [3.05, 3.63) is 35.9 Å². The number of carbonyl (C=O) groups is 1. The van der Waals surface area contributed by atoms with Crippen LogP contribution in [0.1, 0.15) is 18.9 Å². The van der Waals surface area contributed by atoms with Crippen LogP contribution in [0, 0.1) is 0 Å². The van der Waals surface area contributed by atoms with Gasteiger partial charge in [0.15, 0.2) is 0 Å². The molecular weight excluding hydrogens is 228 g/mol. The van der Waals surface area contributed by atoms with Gasteiger partial charge in [0.1, 0.15) is 6.61 Å². The summed E-state index contributed by atoms with van der Waals surface area (Å²) in [6, 6.07) is 9.95. The highest BCUT2D eigenvalue weighted by Gasteiger charge is 2.13. The van der Waals surface area contributed by atoms with Crippen molar-refractivity contribution in [1.82, 2.24) is 4.90 Å². The molecule has 0 aliphatic rings. The fourth-order valence-electron chi connectivity index (χ4n) is 1.66. The summed E-state index contributed by atoms with van der Waals surface area (Å²) in [6.45, 7) is 4.47. The highest BCUT2D eigenvalue weighted by atomic mass is 16.5. The Morgan fingerprint density at radius 1 is 1.33 bits per heavy atom. The van der Waals surface area contributed by atoms with Crippen molar-refractivity contribution >= 4 is 5.91 Å². The van der Waals surface area contributed by atoms with Gasteiger partial charge in [-0.2, -0.15) is 0 Å². The minimum atomic E-state index is 0.0224. The van der Waals surface area contributed by atoms with E-state index in [4.69, 9.17) is 10.5 Å². The van der Waals surface area contributed by atoms with E-state index in [1.165, 1.54) is 0 Å². The summed E-state index contributed by atoms with van der Waals surface area (Å²) in [4.78, 5) is 13.8. The van der Waals surface area contributed by atoms with E-state index in [1.54, 1.807) is 4.90 Å². The molecule has 4 nitrogen and oxygen atoms in total. The number of hydrogen-bond acceptors (Lipinski definition) is 3. The number of carbonyl (C=O) groups excluding carboxylic acids is 1. The Balaban J connectivity index is 2.57. The number of ether oxygens (including phenoxy) is 1. The van der Waals surface area contributed by atoms with Crippen molar-refractivity contribution in [3.8, 4) is 0 Å². The molecule has 0 aromatic heterocycles. The summed E-state index contributed by atoms with van der Waals surface area (Å²) in [5.41, 5.74) is 6.63. The minimum absolute atomic E-state index is 0.0224. The summed E-state index contributed by atoms with van der Waals surface area (Å²) < 4.78 is 5.17. The lowest BCUT2D eigenvalue weighted by Gasteiger charge is -2.22. The lowest BCUT2D eigenvalue weighted by Crippen LogP contribution is -2.35. The van der Waals surface area contributed by atoms with Gasteiger partial charge >= 0.3 is 0 Å². The van der Waals surface area contributed by atoms with E-state index in [1.807, 2.05) is 37.3 Å². The molecule has 18 heavy (non-hydrogen) atoms. The van der Waals surface area contributed by atoms with E-state index in [0.29, 0.717) is 26.2 Å². The summed E-state index contributed by atoms with van der Waals surface area (Å²) >= 11 is 0. The fourth-order valence-corrected chi connectivity index (χ4v) is 1.66. The first kappa shape index (κ1) is 14.7. The topological polar surface area (TPSA) is 55.6 Å². The predicted molar refractivity (Wildman–Crippen MR) is 72.0 cm³/mol. The van der Waals surface area contributed by atoms with Crippen LogP contribution in [0.4, 0.5) is 0 Å². The smallest absolute Gasteiger partial charge is 0.248 e. The molecule has 0 heterocycles. The van der Waals surface area contributed by atoms with Gasteiger partial charge in [0.2, 0.25) is 5.91 Å². The molecule has 1 rings (SSSR count). The van der Waals surface area contributed by atoms with Gasteiger partial charge in [-0.15, -0.1) is 0 Å². The van der Waals surface area contributed by atoms with Crippen LogP contribution in [0.15, 0.2) is 30.3 Å². The van der Waals surface area contributed by atoms with Crippen LogP contribution in [0.5, 0.6) is 0 Å². The van der Waals surface area contributed by atoms with Crippen LogP contribution < -0.4 is 5.73 Å². The van der Waals surface area contributed by atoms with Gasteiger partial charge in [-0.3, -0.25) is 4.79 Å². The number of nitrogens with two attached hydrogens (primary N) is 1. The zero-order valence-corrected chi connectivity index (χ0v) is 11.0. The molecule has 0 bridgehead atoms. The van der Waals surface area contributed by atoms with Gasteiger partial charge in [0.25, 0.3) is 0 Å². The van der Waals surface area contributed by atoms with Gasteiger partial charge in [-0.25, -0.2) is 0 Å². The Morgan fingerprint density at radius 2 is 2.06 bits per heavy atom. The molecule has 100 valence electrons. The molecular formula is C14H22N2O2. The average molecular weight is 250 g/mol. The lowest BCUT2D eigenvalue weighted by atomic mass is 10.2. The average Bonchev–Trinajstić information content (AvgIpc) is 2.42. The first-order chi connectivity index (χ1) is 8.77. The second-order valence-electron chi connectivity index (χ2n) is 4.08. The molecule has 0 saturated heterocycles. The standard InChI is InChI=1S/C14H22N2O2/c1-2-18-12-14(17)16(10-6-9-15)11-13-7-4-3-5-8-13/h3-5,7-8H,2,6,9-12,15H2,1H3. The Labute approximate surface area is 109 Å². The first-order valence-electron chi connectivity index (χ1n) is 6.37. The van der Waals surface area contributed by atoms with Gasteiger partial charge in [-0.1, -0.05) is 30.3 Å². The van der Waals surface area contributed by atoms with E-state index in [0.717, 1.165) is 12.0 Å².